The van der Waals surface area contributed by atoms with Gasteiger partial charge >= 0.3 is 0 Å². The van der Waals surface area contributed by atoms with Crippen LogP contribution in [0.4, 0.5) is 0 Å². The molecule has 0 spiro atoms. The van der Waals surface area contributed by atoms with Crippen LogP contribution >= 0.6 is 0 Å². The first kappa shape index (κ1) is 19.1. The zero-order chi connectivity index (χ0) is 20.9. The first-order valence-electron chi connectivity index (χ1n) is 9.46. The standard InChI is InChI=1S/C24H20N4O2/c1-16(20-9-5-6-10-23(20)29)25-28-24(30)22-15-21(26-27-22)19-13-11-18(12-14-19)17-7-3-2-4-8-17/h2-15,29H,1H3,(H,26,27)(H,28,30). The highest BCUT2D eigenvalue weighted by Crippen LogP contribution is 2.24. The third kappa shape index (κ3) is 4.12. The average molecular weight is 396 g/mol. The highest BCUT2D eigenvalue weighted by atomic mass is 16.3. The van der Waals surface area contributed by atoms with E-state index in [9.17, 15) is 9.90 Å². The number of hydrogen-bond donors (Lipinski definition) is 3. The minimum Gasteiger partial charge on any atom is -0.507 e. The Bertz CT molecular complexity index is 1200. The van der Waals surface area contributed by atoms with Crippen molar-refractivity contribution in [3.05, 3.63) is 96.2 Å². The lowest BCUT2D eigenvalue weighted by Crippen LogP contribution is -2.19. The maximum absolute atomic E-state index is 12.4. The molecule has 0 fully saturated rings. The topological polar surface area (TPSA) is 90.4 Å². The number of aromatic amines is 1. The Morgan fingerprint density at radius 3 is 2.27 bits per heavy atom. The largest absolute Gasteiger partial charge is 0.507 e. The smallest absolute Gasteiger partial charge is 0.289 e. The molecule has 1 aromatic heterocycles. The Balaban J connectivity index is 1.46. The van der Waals surface area contributed by atoms with Crippen LogP contribution in [0, 0.1) is 0 Å². The fourth-order valence-electron chi connectivity index (χ4n) is 3.08. The summed E-state index contributed by atoms with van der Waals surface area (Å²) < 4.78 is 0. The SMILES string of the molecule is CC(=NNC(=O)c1cc(-c2ccc(-c3ccccc3)cc2)n[nH]1)c1ccccc1O. The van der Waals surface area contributed by atoms with Gasteiger partial charge in [0.1, 0.15) is 11.4 Å². The zero-order valence-electron chi connectivity index (χ0n) is 16.3. The van der Waals surface area contributed by atoms with E-state index in [4.69, 9.17) is 0 Å². The predicted octanol–water partition coefficient (Wildman–Crippen LogP) is 4.60. The minimum absolute atomic E-state index is 0.107. The molecule has 4 rings (SSSR count). The highest BCUT2D eigenvalue weighted by molar-refractivity contribution is 6.02. The number of nitrogens with zero attached hydrogens (tertiary/aromatic N) is 2. The molecule has 0 atom stereocenters. The lowest BCUT2D eigenvalue weighted by Gasteiger charge is -2.04. The molecule has 0 aliphatic heterocycles. The molecule has 0 radical (unpaired) electrons. The second-order valence-corrected chi connectivity index (χ2v) is 6.77. The number of para-hydroxylation sites is 1. The van der Waals surface area contributed by atoms with Crippen molar-refractivity contribution in [2.45, 2.75) is 6.92 Å². The van der Waals surface area contributed by atoms with Gasteiger partial charge in [-0.3, -0.25) is 9.89 Å². The number of hydrogen-bond acceptors (Lipinski definition) is 4. The molecule has 3 N–H and O–H groups in total. The van der Waals surface area contributed by atoms with Gasteiger partial charge in [0.2, 0.25) is 0 Å². The van der Waals surface area contributed by atoms with Crippen LogP contribution in [-0.4, -0.2) is 26.9 Å². The lowest BCUT2D eigenvalue weighted by molar-refractivity contribution is 0.0950. The van der Waals surface area contributed by atoms with Gasteiger partial charge in [0.25, 0.3) is 5.91 Å². The number of hydrazone groups is 1. The summed E-state index contributed by atoms with van der Waals surface area (Å²) in [6.07, 6.45) is 0. The molecule has 0 saturated carbocycles. The summed E-state index contributed by atoms with van der Waals surface area (Å²) in [4.78, 5) is 12.4. The molecule has 0 saturated heterocycles. The number of aromatic nitrogens is 2. The molecule has 0 bridgehead atoms. The zero-order valence-corrected chi connectivity index (χ0v) is 16.3. The maximum atomic E-state index is 12.4. The van der Waals surface area contributed by atoms with E-state index in [1.165, 1.54) is 0 Å². The Morgan fingerprint density at radius 2 is 1.53 bits per heavy atom. The van der Waals surface area contributed by atoms with Gasteiger partial charge < -0.3 is 5.11 Å². The van der Waals surface area contributed by atoms with E-state index in [0.29, 0.717) is 22.7 Å². The Hall–Kier alpha value is -4.19. The van der Waals surface area contributed by atoms with Crippen LogP contribution in [0.3, 0.4) is 0 Å². The number of nitrogens with one attached hydrogen (secondary N) is 2. The van der Waals surface area contributed by atoms with Gasteiger partial charge in [-0.15, -0.1) is 0 Å². The fraction of sp³-hybridized carbons (Fsp3) is 0.0417. The minimum atomic E-state index is -0.413. The van der Waals surface area contributed by atoms with Crippen molar-refractivity contribution >= 4 is 11.6 Å². The summed E-state index contributed by atoms with van der Waals surface area (Å²) in [6.45, 7) is 1.71. The lowest BCUT2D eigenvalue weighted by atomic mass is 10.0. The van der Waals surface area contributed by atoms with Crippen LogP contribution in [0.15, 0.2) is 90.0 Å². The van der Waals surface area contributed by atoms with Crippen molar-refractivity contribution in [3.8, 4) is 28.1 Å². The van der Waals surface area contributed by atoms with Crippen molar-refractivity contribution in [2.75, 3.05) is 0 Å². The number of aromatic hydroxyl groups is 1. The van der Waals surface area contributed by atoms with Crippen LogP contribution in [0.1, 0.15) is 23.0 Å². The molecule has 30 heavy (non-hydrogen) atoms. The number of phenolic OH excluding ortho intramolecular Hbond substituents is 1. The van der Waals surface area contributed by atoms with Gasteiger partial charge in [0, 0.05) is 11.1 Å². The Morgan fingerprint density at radius 1 is 0.900 bits per heavy atom. The van der Waals surface area contributed by atoms with Crippen LogP contribution in [0.2, 0.25) is 0 Å². The van der Waals surface area contributed by atoms with Crippen LogP contribution in [0.25, 0.3) is 22.4 Å². The summed E-state index contributed by atoms with van der Waals surface area (Å²) in [5, 5.41) is 20.9. The van der Waals surface area contributed by atoms with Gasteiger partial charge in [-0.25, -0.2) is 5.43 Å². The summed E-state index contributed by atoms with van der Waals surface area (Å²) in [5.41, 5.74) is 7.66. The Labute approximate surface area is 173 Å². The van der Waals surface area contributed by atoms with Gasteiger partial charge in [-0.1, -0.05) is 66.7 Å². The predicted molar refractivity (Wildman–Crippen MR) is 117 cm³/mol. The monoisotopic (exact) mass is 396 g/mol. The van der Waals surface area contributed by atoms with Crippen LogP contribution in [-0.2, 0) is 0 Å². The van der Waals surface area contributed by atoms with E-state index in [2.05, 4.69) is 32.9 Å². The van der Waals surface area contributed by atoms with E-state index in [0.717, 1.165) is 16.7 Å². The van der Waals surface area contributed by atoms with Crippen molar-refractivity contribution in [3.63, 3.8) is 0 Å². The van der Waals surface area contributed by atoms with Gasteiger partial charge in [0.05, 0.1) is 11.4 Å². The average Bonchev–Trinajstić information content (AvgIpc) is 3.29. The van der Waals surface area contributed by atoms with E-state index in [1.54, 1.807) is 37.3 Å². The summed E-state index contributed by atoms with van der Waals surface area (Å²) in [7, 11) is 0. The molecule has 4 aromatic rings. The summed E-state index contributed by atoms with van der Waals surface area (Å²) >= 11 is 0. The molecule has 1 heterocycles. The summed E-state index contributed by atoms with van der Waals surface area (Å²) in [6, 6.07) is 26.6. The second kappa shape index (κ2) is 8.45. The number of carbonyl (C=O) groups is 1. The molecule has 0 aliphatic rings. The van der Waals surface area contributed by atoms with Gasteiger partial charge in [-0.05, 0) is 36.2 Å². The normalized spacial score (nSPS) is 11.3. The second-order valence-electron chi connectivity index (χ2n) is 6.77. The number of phenols is 1. The molecule has 1 amide bonds. The van der Waals surface area contributed by atoms with Gasteiger partial charge in [0.15, 0.2) is 0 Å². The molecular weight excluding hydrogens is 376 g/mol. The van der Waals surface area contributed by atoms with Crippen LogP contribution in [0.5, 0.6) is 5.75 Å². The quantitative estimate of drug-likeness (QED) is 0.340. The van der Waals surface area contributed by atoms with E-state index >= 15 is 0 Å². The van der Waals surface area contributed by atoms with Crippen molar-refractivity contribution < 1.29 is 9.90 Å². The number of benzene rings is 3. The third-order valence-electron chi connectivity index (χ3n) is 4.73. The fourth-order valence-corrected chi connectivity index (χ4v) is 3.08. The van der Waals surface area contributed by atoms with Crippen molar-refractivity contribution in [1.29, 1.82) is 0 Å². The van der Waals surface area contributed by atoms with E-state index in [1.807, 2.05) is 42.5 Å². The molecule has 148 valence electrons. The maximum Gasteiger partial charge on any atom is 0.289 e. The summed E-state index contributed by atoms with van der Waals surface area (Å²) in [5.74, 6) is -0.305. The highest BCUT2D eigenvalue weighted by Gasteiger charge is 2.11. The number of rotatable bonds is 5. The van der Waals surface area contributed by atoms with Crippen LogP contribution < -0.4 is 5.43 Å². The van der Waals surface area contributed by atoms with Gasteiger partial charge in [-0.2, -0.15) is 10.2 Å². The van der Waals surface area contributed by atoms with Crippen molar-refractivity contribution in [2.24, 2.45) is 5.10 Å². The van der Waals surface area contributed by atoms with E-state index < -0.39 is 5.91 Å². The van der Waals surface area contributed by atoms with Crippen molar-refractivity contribution in [1.82, 2.24) is 15.6 Å². The number of amides is 1. The first-order chi connectivity index (χ1) is 14.6. The molecule has 0 unspecified atom stereocenters. The molecule has 6 heteroatoms. The molecule has 3 aromatic carbocycles. The molecule has 0 aliphatic carbocycles. The molecular formula is C24H20N4O2. The van der Waals surface area contributed by atoms with E-state index in [-0.39, 0.29) is 5.75 Å². The number of H-pyrrole nitrogens is 1. The molecule has 6 nitrogen and oxygen atoms in total. The first-order valence-corrected chi connectivity index (χ1v) is 9.46. The third-order valence-corrected chi connectivity index (χ3v) is 4.73. The number of carbonyl (C=O) groups excluding carboxylic acids is 1. The Kier molecular flexibility index (Phi) is 5.39.